The van der Waals surface area contributed by atoms with Crippen LogP contribution in [0.15, 0.2) is 4.47 Å². The van der Waals surface area contributed by atoms with Crippen LogP contribution in [-0.4, -0.2) is 26.8 Å². The second-order valence-electron chi connectivity index (χ2n) is 2.95. The first kappa shape index (κ1) is 11.7. The van der Waals surface area contributed by atoms with E-state index in [1.54, 1.807) is 0 Å². The van der Waals surface area contributed by atoms with Gasteiger partial charge in [-0.05, 0) is 15.9 Å². The molecule has 0 atom stereocenters. The Morgan fingerprint density at radius 3 is 2.60 bits per heavy atom. The highest BCUT2D eigenvalue weighted by Gasteiger charge is 2.19. The Labute approximate surface area is 94.4 Å². The van der Waals surface area contributed by atoms with E-state index >= 15 is 0 Å². The molecule has 0 radical (unpaired) electrons. The van der Waals surface area contributed by atoms with Crippen molar-refractivity contribution in [2.24, 2.45) is 7.05 Å². The van der Waals surface area contributed by atoms with Crippen molar-refractivity contribution in [1.29, 1.82) is 0 Å². The SMILES string of the molecule is CC(=O)NCc1nn(C)c(C(=O)O)c1Br. The fourth-order valence-electron chi connectivity index (χ4n) is 1.11. The normalized spacial score (nSPS) is 10.1. The lowest BCUT2D eigenvalue weighted by molar-refractivity contribution is -0.119. The third kappa shape index (κ3) is 2.56. The quantitative estimate of drug-likeness (QED) is 0.842. The summed E-state index contributed by atoms with van der Waals surface area (Å²) in [6.45, 7) is 1.59. The molecule has 1 amide bonds. The number of amides is 1. The first-order valence-corrected chi connectivity index (χ1v) is 4.92. The van der Waals surface area contributed by atoms with Gasteiger partial charge in [0.05, 0.1) is 16.7 Å². The molecule has 1 aromatic heterocycles. The van der Waals surface area contributed by atoms with E-state index < -0.39 is 5.97 Å². The van der Waals surface area contributed by atoms with Crippen LogP contribution in [0.3, 0.4) is 0 Å². The van der Waals surface area contributed by atoms with Gasteiger partial charge in [-0.2, -0.15) is 5.10 Å². The van der Waals surface area contributed by atoms with Crippen molar-refractivity contribution < 1.29 is 14.7 Å². The Kier molecular flexibility index (Phi) is 3.46. The van der Waals surface area contributed by atoms with Gasteiger partial charge >= 0.3 is 5.97 Å². The number of hydrogen-bond acceptors (Lipinski definition) is 3. The van der Waals surface area contributed by atoms with Crippen molar-refractivity contribution in [3.05, 3.63) is 15.9 Å². The summed E-state index contributed by atoms with van der Waals surface area (Å²) >= 11 is 3.14. The smallest absolute Gasteiger partial charge is 0.355 e. The Bertz CT molecular complexity index is 414. The van der Waals surface area contributed by atoms with Crippen LogP contribution in [0.5, 0.6) is 0 Å². The molecule has 1 rings (SSSR count). The standard InChI is InChI=1S/C8H10BrN3O3/c1-4(13)10-3-5-6(9)7(8(14)15)12(2)11-5/h3H2,1-2H3,(H,10,13)(H,14,15). The summed E-state index contributed by atoms with van der Waals surface area (Å²) in [5.41, 5.74) is 0.556. The number of halogens is 1. The number of nitrogens with one attached hydrogen (secondary N) is 1. The molecular formula is C8H10BrN3O3. The summed E-state index contributed by atoms with van der Waals surface area (Å²) in [4.78, 5) is 21.5. The number of carbonyl (C=O) groups excluding carboxylic acids is 1. The topological polar surface area (TPSA) is 84.2 Å². The molecule has 0 saturated heterocycles. The van der Waals surface area contributed by atoms with Crippen LogP contribution in [0.2, 0.25) is 0 Å². The van der Waals surface area contributed by atoms with E-state index in [-0.39, 0.29) is 18.1 Å². The van der Waals surface area contributed by atoms with Crippen LogP contribution in [0.1, 0.15) is 23.1 Å². The number of rotatable bonds is 3. The Balaban J connectivity index is 2.96. The zero-order valence-electron chi connectivity index (χ0n) is 8.24. The number of carboxylic acids is 1. The molecule has 0 aliphatic rings. The molecule has 1 heterocycles. The third-order valence-corrected chi connectivity index (χ3v) is 2.60. The van der Waals surface area contributed by atoms with Crippen molar-refractivity contribution in [3.63, 3.8) is 0 Å². The molecule has 6 nitrogen and oxygen atoms in total. The second-order valence-corrected chi connectivity index (χ2v) is 3.74. The van der Waals surface area contributed by atoms with E-state index in [2.05, 4.69) is 26.3 Å². The molecule has 0 saturated carbocycles. The van der Waals surface area contributed by atoms with Gasteiger partial charge in [-0.15, -0.1) is 0 Å². The average molecular weight is 276 g/mol. The Morgan fingerprint density at radius 2 is 2.20 bits per heavy atom. The number of hydrogen-bond donors (Lipinski definition) is 2. The largest absolute Gasteiger partial charge is 0.476 e. The fraction of sp³-hybridized carbons (Fsp3) is 0.375. The molecule has 0 spiro atoms. The van der Waals surface area contributed by atoms with Crippen LogP contribution in [0, 0.1) is 0 Å². The molecule has 82 valence electrons. The predicted molar refractivity (Wildman–Crippen MR) is 55.4 cm³/mol. The van der Waals surface area contributed by atoms with E-state index in [1.807, 2.05) is 0 Å². The van der Waals surface area contributed by atoms with Crippen LogP contribution in [-0.2, 0) is 18.4 Å². The molecule has 15 heavy (non-hydrogen) atoms. The lowest BCUT2D eigenvalue weighted by Crippen LogP contribution is -2.19. The zero-order valence-corrected chi connectivity index (χ0v) is 9.83. The van der Waals surface area contributed by atoms with Gasteiger partial charge < -0.3 is 10.4 Å². The highest BCUT2D eigenvalue weighted by molar-refractivity contribution is 9.10. The van der Waals surface area contributed by atoms with Crippen molar-refractivity contribution in [3.8, 4) is 0 Å². The molecule has 0 aliphatic heterocycles. The molecule has 0 bridgehead atoms. The van der Waals surface area contributed by atoms with Gasteiger partial charge in [0, 0.05) is 14.0 Å². The summed E-state index contributed by atoms with van der Waals surface area (Å²) in [5, 5.41) is 15.4. The van der Waals surface area contributed by atoms with Crippen LogP contribution in [0.25, 0.3) is 0 Å². The maximum atomic E-state index is 10.8. The fourth-order valence-corrected chi connectivity index (χ4v) is 1.75. The van der Waals surface area contributed by atoms with Crippen LogP contribution < -0.4 is 5.32 Å². The molecule has 0 aromatic carbocycles. The van der Waals surface area contributed by atoms with Crippen LogP contribution >= 0.6 is 15.9 Å². The Morgan fingerprint density at radius 1 is 1.60 bits per heavy atom. The van der Waals surface area contributed by atoms with E-state index in [1.165, 1.54) is 18.7 Å². The molecule has 0 aliphatic carbocycles. The number of carboxylic acid groups (broad SMARTS) is 1. The molecule has 1 aromatic rings. The summed E-state index contributed by atoms with van der Waals surface area (Å²) in [6, 6.07) is 0. The van der Waals surface area contributed by atoms with Gasteiger partial charge in [0.25, 0.3) is 0 Å². The van der Waals surface area contributed by atoms with E-state index in [0.29, 0.717) is 10.2 Å². The van der Waals surface area contributed by atoms with Crippen molar-refractivity contribution >= 4 is 27.8 Å². The van der Waals surface area contributed by atoms with Gasteiger partial charge in [0.15, 0.2) is 5.69 Å². The minimum absolute atomic E-state index is 0.0651. The molecule has 2 N–H and O–H groups in total. The zero-order chi connectivity index (χ0) is 11.6. The van der Waals surface area contributed by atoms with E-state index in [4.69, 9.17) is 5.11 Å². The number of nitrogens with zero attached hydrogens (tertiary/aromatic N) is 2. The average Bonchev–Trinajstić information content (AvgIpc) is 2.37. The number of carbonyl (C=O) groups is 2. The number of aryl methyl sites for hydroxylation is 1. The van der Waals surface area contributed by atoms with Crippen molar-refractivity contribution in [2.75, 3.05) is 0 Å². The van der Waals surface area contributed by atoms with E-state index in [0.717, 1.165) is 0 Å². The van der Waals surface area contributed by atoms with Gasteiger partial charge in [0.1, 0.15) is 0 Å². The highest BCUT2D eigenvalue weighted by Crippen LogP contribution is 2.20. The first-order valence-electron chi connectivity index (χ1n) is 4.12. The van der Waals surface area contributed by atoms with Gasteiger partial charge in [-0.1, -0.05) is 0 Å². The van der Waals surface area contributed by atoms with E-state index in [9.17, 15) is 9.59 Å². The first-order chi connectivity index (χ1) is 6.93. The minimum atomic E-state index is -1.06. The molecule has 0 unspecified atom stereocenters. The van der Waals surface area contributed by atoms with Gasteiger partial charge in [-0.3, -0.25) is 9.48 Å². The summed E-state index contributed by atoms with van der Waals surface area (Å²) in [7, 11) is 1.53. The monoisotopic (exact) mass is 275 g/mol. The lowest BCUT2D eigenvalue weighted by Gasteiger charge is -1.97. The Hall–Kier alpha value is -1.37. The summed E-state index contributed by atoms with van der Waals surface area (Å²) in [6.07, 6.45) is 0. The summed E-state index contributed by atoms with van der Waals surface area (Å²) < 4.78 is 1.65. The summed E-state index contributed by atoms with van der Waals surface area (Å²) in [5.74, 6) is -1.25. The highest BCUT2D eigenvalue weighted by atomic mass is 79.9. The van der Waals surface area contributed by atoms with Crippen LogP contribution in [0.4, 0.5) is 0 Å². The number of aromatic nitrogens is 2. The maximum absolute atomic E-state index is 10.8. The van der Waals surface area contributed by atoms with Gasteiger partial charge in [0.2, 0.25) is 5.91 Å². The second kappa shape index (κ2) is 4.43. The molecule has 7 heteroatoms. The molecule has 0 fully saturated rings. The lowest BCUT2D eigenvalue weighted by atomic mass is 10.3. The van der Waals surface area contributed by atoms with Crippen molar-refractivity contribution in [1.82, 2.24) is 15.1 Å². The van der Waals surface area contributed by atoms with Gasteiger partial charge in [-0.25, -0.2) is 4.79 Å². The minimum Gasteiger partial charge on any atom is -0.476 e. The number of aromatic carboxylic acids is 1. The third-order valence-electron chi connectivity index (χ3n) is 1.76. The maximum Gasteiger partial charge on any atom is 0.355 e. The molecular weight excluding hydrogens is 266 g/mol. The van der Waals surface area contributed by atoms with Crippen molar-refractivity contribution in [2.45, 2.75) is 13.5 Å². The predicted octanol–water partition coefficient (Wildman–Crippen LogP) is 0.517.